The molecular weight excluding hydrogens is 1060 g/mol. The lowest BCUT2D eigenvalue weighted by atomic mass is 10.0. The Balaban J connectivity index is 3.99. The van der Waals surface area contributed by atoms with Gasteiger partial charge in [-0.3, -0.25) is 9.36 Å². The summed E-state index contributed by atoms with van der Waals surface area (Å²) in [5, 5.41) is 14.1. The molecule has 0 heterocycles. The Hall–Kier alpha value is -2.32. The first-order chi connectivity index (χ1) is 41.0. The summed E-state index contributed by atoms with van der Waals surface area (Å²) >= 11 is 0. The maximum absolute atomic E-state index is 13.1. The van der Waals surface area contributed by atoms with E-state index in [0.717, 1.165) is 83.5 Å². The summed E-state index contributed by atoms with van der Waals surface area (Å²) in [4.78, 5) is 25.7. The molecule has 0 aliphatic carbocycles. The van der Waals surface area contributed by atoms with Crippen LogP contribution in [0, 0.1) is 0 Å². The first-order valence-electron chi connectivity index (χ1n) is 35.9. The van der Waals surface area contributed by atoms with Gasteiger partial charge in [-0.05, 0) is 70.6 Å². The molecule has 0 rings (SSSR count). The summed E-state index contributed by atoms with van der Waals surface area (Å²) in [6.45, 7) is 4.65. The van der Waals surface area contributed by atoms with E-state index in [-0.39, 0.29) is 19.1 Å². The zero-order chi connectivity index (χ0) is 61.2. The van der Waals surface area contributed by atoms with Crippen molar-refractivity contribution < 1.29 is 32.9 Å². The lowest BCUT2D eigenvalue weighted by molar-refractivity contribution is -0.870. The van der Waals surface area contributed by atoms with Gasteiger partial charge in [0.2, 0.25) is 5.91 Å². The van der Waals surface area contributed by atoms with Gasteiger partial charge in [-0.1, -0.05) is 343 Å². The number of phosphoric ester groups is 1. The molecule has 0 bridgehead atoms. The second-order valence-electron chi connectivity index (χ2n) is 25.6. The molecule has 0 aromatic rings. The number of quaternary nitrogens is 1. The van der Waals surface area contributed by atoms with E-state index in [1.165, 1.54) is 225 Å². The molecule has 3 unspecified atom stereocenters. The number of aliphatic hydroxyl groups excluding tert-OH is 1. The molecule has 0 aliphatic heterocycles. The average molecular weight is 1200 g/mol. The van der Waals surface area contributed by atoms with Gasteiger partial charge in [-0.25, -0.2) is 0 Å². The molecule has 0 radical (unpaired) electrons. The standard InChI is InChI=1S/C75H139N2O6P/c1-6-8-10-12-14-16-18-20-22-24-26-28-30-31-32-33-34-35-36-37-38-39-40-41-42-43-44-45-47-49-51-53-55-57-59-61-63-65-67-69-75(79)76-73(72-83-84(80,81)82-71-70-77(3,4)5)74(78)68-66-64-62-60-58-56-54-52-50-48-46-29-27-25-23-21-19-17-15-13-11-9-7-2/h8,10,14,16,20,22,26,28,31-32,34-35,37-38,73-74,78H,6-7,9,11-13,15,17-19,21,23-25,27,29-30,33,36,39-72H2,1-5H3,(H-,76,79,80,81)/b10-8-,16-14-,22-20-,28-26-,32-31-,35-34-,38-37-. The van der Waals surface area contributed by atoms with Gasteiger partial charge in [-0.2, -0.15) is 0 Å². The van der Waals surface area contributed by atoms with Crippen LogP contribution in [0.15, 0.2) is 85.1 Å². The van der Waals surface area contributed by atoms with E-state index in [4.69, 9.17) is 9.05 Å². The summed E-state index contributed by atoms with van der Waals surface area (Å²) in [5.41, 5.74) is 0. The van der Waals surface area contributed by atoms with E-state index >= 15 is 0 Å². The van der Waals surface area contributed by atoms with Crippen LogP contribution in [-0.2, 0) is 18.4 Å². The van der Waals surface area contributed by atoms with Crippen molar-refractivity contribution in [3.05, 3.63) is 85.1 Å². The van der Waals surface area contributed by atoms with Crippen LogP contribution in [0.25, 0.3) is 0 Å². The van der Waals surface area contributed by atoms with Crippen molar-refractivity contribution in [2.24, 2.45) is 0 Å². The van der Waals surface area contributed by atoms with Gasteiger partial charge in [-0.15, -0.1) is 0 Å². The highest BCUT2D eigenvalue weighted by molar-refractivity contribution is 7.45. The number of phosphoric acid groups is 1. The predicted octanol–water partition coefficient (Wildman–Crippen LogP) is 22.5. The number of rotatable bonds is 66. The Morgan fingerprint density at radius 2 is 0.726 bits per heavy atom. The molecule has 8 nitrogen and oxygen atoms in total. The molecule has 0 saturated heterocycles. The Morgan fingerprint density at radius 1 is 0.429 bits per heavy atom. The lowest BCUT2D eigenvalue weighted by Gasteiger charge is -2.30. The summed E-state index contributed by atoms with van der Waals surface area (Å²) in [6, 6.07) is -0.804. The third-order valence-electron chi connectivity index (χ3n) is 16.1. The van der Waals surface area contributed by atoms with Crippen molar-refractivity contribution in [3.63, 3.8) is 0 Å². The van der Waals surface area contributed by atoms with Crippen molar-refractivity contribution in [1.82, 2.24) is 5.32 Å². The minimum absolute atomic E-state index is 0.0116. The number of hydrogen-bond acceptors (Lipinski definition) is 6. The summed E-state index contributed by atoms with van der Waals surface area (Å²) in [7, 11) is 1.31. The van der Waals surface area contributed by atoms with Gasteiger partial charge in [0.25, 0.3) is 7.82 Å². The molecule has 0 aromatic carbocycles. The Bertz CT molecular complexity index is 1650. The maximum atomic E-state index is 13.1. The van der Waals surface area contributed by atoms with Gasteiger partial charge in [0.15, 0.2) is 0 Å². The smallest absolute Gasteiger partial charge is 0.268 e. The molecule has 0 aromatic heterocycles. The highest BCUT2D eigenvalue weighted by atomic mass is 31.2. The first kappa shape index (κ1) is 81.7. The van der Waals surface area contributed by atoms with Crippen LogP contribution in [-0.4, -0.2) is 68.5 Å². The Morgan fingerprint density at radius 3 is 1.06 bits per heavy atom. The first-order valence-corrected chi connectivity index (χ1v) is 37.4. The molecule has 0 saturated carbocycles. The normalized spacial score (nSPS) is 14.1. The second kappa shape index (κ2) is 65.1. The van der Waals surface area contributed by atoms with Crippen LogP contribution >= 0.6 is 7.82 Å². The van der Waals surface area contributed by atoms with Crippen LogP contribution in [0.4, 0.5) is 0 Å². The van der Waals surface area contributed by atoms with E-state index in [9.17, 15) is 19.4 Å². The summed E-state index contributed by atoms with van der Waals surface area (Å²) in [6.07, 6.45) is 92.3. The molecule has 0 aliphatic rings. The number of amides is 1. The molecule has 0 spiro atoms. The van der Waals surface area contributed by atoms with Crippen molar-refractivity contribution in [2.75, 3.05) is 40.9 Å². The van der Waals surface area contributed by atoms with Gasteiger partial charge in [0.05, 0.1) is 39.9 Å². The van der Waals surface area contributed by atoms with Crippen molar-refractivity contribution in [3.8, 4) is 0 Å². The number of hydrogen-bond donors (Lipinski definition) is 2. The molecule has 490 valence electrons. The van der Waals surface area contributed by atoms with Gasteiger partial charge < -0.3 is 28.8 Å². The minimum atomic E-state index is -4.58. The molecule has 9 heteroatoms. The number of likely N-dealkylation sites (N-methyl/N-ethyl adjacent to an activating group) is 1. The molecule has 84 heavy (non-hydrogen) atoms. The predicted molar refractivity (Wildman–Crippen MR) is 367 cm³/mol. The van der Waals surface area contributed by atoms with Crippen LogP contribution in [0.2, 0.25) is 0 Å². The van der Waals surface area contributed by atoms with Crippen LogP contribution in [0.3, 0.4) is 0 Å². The van der Waals surface area contributed by atoms with Gasteiger partial charge in [0, 0.05) is 6.42 Å². The molecule has 0 fully saturated rings. The van der Waals surface area contributed by atoms with E-state index in [1.54, 1.807) is 0 Å². The van der Waals surface area contributed by atoms with E-state index < -0.39 is 20.0 Å². The second-order valence-corrected chi connectivity index (χ2v) is 27.0. The molecule has 2 N–H and O–H groups in total. The van der Waals surface area contributed by atoms with Crippen molar-refractivity contribution in [1.29, 1.82) is 0 Å². The highest BCUT2D eigenvalue weighted by Gasteiger charge is 2.24. The fourth-order valence-corrected chi connectivity index (χ4v) is 11.3. The average Bonchev–Trinajstić information content (AvgIpc) is 3.56. The highest BCUT2D eigenvalue weighted by Crippen LogP contribution is 2.38. The van der Waals surface area contributed by atoms with Crippen molar-refractivity contribution in [2.45, 2.75) is 347 Å². The fourth-order valence-electron chi connectivity index (χ4n) is 10.6. The molecule has 3 atom stereocenters. The number of nitrogens with one attached hydrogen (secondary N) is 1. The summed E-state index contributed by atoms with van der Waals surface area (Å²) < 4.78 is 23.5. The SMILES string of the molecule is CC/C=C\C/C=C\C/C=C\C/C=C\C/C=C\C/C=C\C/C=C\CCCCCCCCCCCCCCCCCCCC(=O)NC(COP(=O)([O-])OCC[N+](C)(C)C)C(O)CCCCCCCCCCCCCCCCCCCCCCCCC. The summed E-state index contributed by atoms with van der Waals surface area (Å²) in [5.74, 6) is -0.161. The molecule has 1 amide bonds. The largest absolute Gasteiger partial charge is 0.756 e. The van der Waals surface area contributed by atoms with E-state index in [0.29, 0.717) is 23.9 Å². The van der Waals surface area contributed by atoms with Crippen LogP contribution in [0.1, 0.15) is 335 Å². The number of nitrogens with zero attached hydrogens (tertiary/aromatic N) is 1. The quantitative estimate of drug-likeness (QED) is 0.0272. The van der Waals surface area contributed by atoms with Crippen molar-refractivity contribution >= 4 is 13.7 Å². The zero-order valence-electron chi connectivity index (χ0n) is 56.1. The van der Waals surface area contributed by atoms with Gasteiger partial charge in [0.1, 0.15) is 13.2 Å². The van der Waals surface area contributed by atoms with E-state index in [2.05, 4.69) is 104 Å². The molecular formula is C75H139N2O6P. The van der Waals surface area contributed by atoms with Crippen LogP contribution in [0.5, 0.6) is 0 Å². The minimum Gasteiger partial charge on any atom is -0.756 e. The number of unbranched alkanes of at least 4 members (excludes halogenated alkanes) is 39. The monoisotopic (exact) mass is 1200 g/mol. The third-order valence-corrected chi connectivity index (χ3v) is 17.1. The van der Waals surface area contributed by atoms with Gasteiger partial charge >= 0.3 is 0 Å². The number of allylic oxidation sites excluding steroid dienone is 14. The number of carbonyl (C=O) groups is 1. The topological polar surface area (TPSA) is 108 Å². The Labute approximate surface area is 522 Å². The third kappa shape index (κ3) is 67.2. The lowest BCUT2D eigenvalue weighted by Crippen LogP contribution is -2.46. The van der Waals surface area contributed by atoms with E-state index in [1.807, 2.05) is 21.1 Å². The number of aliphatic hydroxyl groups is 1. The maximum Gasteiger partial charge on any atom is 0.268 e. The number of carbonyl (C=O) groups excluding carboxylic acids is 1. The zero-order valence-corrected chi connectivity index (χ0v) is 57.0. The van der Waals surface area contributed by atoms with Crippen LogP contribution < -0.4 is 10.2 Å². The fraction of sp³-hybridized carbons (Fsp3) is 0.800. The Kier molecular flexibility index (Phi) is 63.3.